The Morgan fingerprint density at radius 2 is 2.18 bits per heavy atom. The van der Waals surface area contributed by atoms with E-state index in [9.17, 15) is 14.4 Å². The fourth-order valence-electron chi connectivity index (χ4n) is 2.61. The molecule has 0 aromatic carbocycles. The average Bonchev–Trinajstić information content (AvgIpc) is 2.45. The molecule has 0 bridgehead atoms. The average molecular weight is 306 g/mol. The number of ketones is 1. The first-order valence-electron chi connectivity index (χ1n) is 7.68. The summed E-state index contributed by atoms with van der Waals surface area (Å²) in [7, 11) is 0. The second-order valence-corrected chi connectivity index (χ2v) is 5.65. The van der Waals surface area contributed by atoms with Gasteiger partial charge in [0, 0.05) is 37.4 Å². The van der Waals surface area contributed by atoms with Gasteiger partial charge in [-0.15, -0.1) is 0 Å². The zero-order valence-electron chi connectivity index (χ0n) is 13.0. The number of H-pyrrole nitrogens is 1. The number of carbonyl (C=O) groups excluding carboxylic acids is 2. The third kappa shape index (κ3) is 3.82. The molecule has 1 atom stereocenters. The van der Waals surface area contributed by atoms with Gasteiger partial charge in [0.1, 0.15) is 5.56 Å². The highest BCUT2D eigenvalue weighted by molar-refractivity contribution is 6.01. The molecular formula is C16H22N2O4. The number of fused-ring (bicyclic) bond motifs is 1. The molecule has 1 aromatic rings. The highest BCUT2D eigenvalue weighted by Gasteiger charge is 2.25. The van der Waals surface area contributed by atoms with E-state index in [4.69, 9.17) is 4.74 Å². The number of ether oxygens (including phenoxy) is 1. The smallest absolute Gasteiger partial charge is 0.261 e. The summed E-state index contributed by atoms with van der Waals surface area (Å²) >= 11 is 0. The Balaban J connectivity index is 2.08. The van der Waals surface area contributed by atoms with Crippen LogP contribution < -0.4 is 10.9 Å². The molecule has 22 heavy (non-hydrogen) atoms. The highest BCUT2D eigenvalue weighted by atomic mass is 16.5. The SMILES string of the molecule is CCOCCCNC(=O)c1cc2c([nH]c1=O)CC(C)CC2=O. The number of hydrogen-bond acceptors (Lipinski definition) is 4. The van der Waals surface area contributed by atoms with Gasteiger partial charge < -0.3 is 15.0 Å². The maximum absolute atomic E-state index is 12.1. The molecule has 0 spiro atoms. The molecule has 2 N–H and O–H groups in total. The largest absolute Gasteiger partial charge is 0.382 e. The Morgan fingerprint density at radius 1 is 1.41 bits per heavy atom. The second-order valence-electron chi connectivity index (χ2n) is 5.65. The lowest BCUT2D eigenvalue weighted by Crippen LogP contribution is -2.33. The summed E-state index contributed by atoms with van der Waals surface area (Å²) < 4.78 is 5.18. The Hall–Kier alpha value is -1.95. The number of pyridine rings is 1. The maximum atomic E-state index is 12.1. The Kier molecular flexibility index (Phi) is 5.49. The van der Waals surface area contributed by atoms with Crippen LogP contribution in [0.1, 0.15) is 53.1 Å². The van der Waals surface area contributed by atoms with E-state index in [1.54, 1.807) is 0 Å². The van der Waals surface area contributed by atoms with E-state index >= 15 is 0 Å². The molecule has 120 valence electrons. The van der Waals surface area contributed by atoms with Crippen LogP contribution in [-0.2, 0) is 11.2 Å². The lowest BCUT2D eigenvalue weighted by molar-refractivity contribution is 0.0942. The van der Waals surface area contributed by atoms with Gasteiger partial charge in [-0.25, -0.2) is 0 Å². The summed E-state index contributed by atoms with van der Waals surface area (Å²) in [5.74, 6) is -0.253. The Bertz CT molecular complexity index is 621. The predicted molar refractivity (Wildman–Crippen MR) is 82.3 cm³/mol. The van der Waals surface area contributed by atoms with E-state index in [1.165, 1.54) is 6.07 Å². The van der Waals surface area contributed by atoms with E-state index in [1.807, 2.05) is 13.8 Å². The molecule has 0 saturated carbocycles. The first-order valence-corrected chi connectivity index (χ1v) is 7.68. The van der Waals surface area contributed by atoms with Crippen molar-refractivity contribution in [1.82, 2.24) is 10.3 Å². The van der Waals surface area contributed by atoms with Crippen LogP contribution in [0.3, 0.4) is 0 Å². The van der Waals surface area contributed by atoms with Crippen molar-refractivity contribution >= 4 is 11.7 Å². The van der Waals surface area contributed by atoms with Crippen LogP contribution in [0.15, 0.2) is 10.9 Å². The van der Waals surface area contributed by atoms with Gasteiger partial charge in [-0.1, -0.05) is 6.92 Å². The normalized spacial score (nSPS) is 17.2. The van der Waals surface area contributed by atoms with Crippen LogP contribution in [0.25, 0.3) is 0 Å². The number of hydrogen-bond donors (Lipinski definition) is 2. The van der Waals surface area contributed by atoms with Crippen LogP contribution >= 0.6 is 0 Å². The topological polar surface area (TPSA) is 88.3 Å². The highest BCUT2D eigenvalue weighted by Crippen LogP contribution is 2.23. The molecule has 1 unspecified atom stereocenters. The van der Waals surface area contributed by atoms with Crippen LogP contribution in [-0.4, -0.2) is 36.4 Å². The molecule has 1 amide bonds. The summed E-state index contributed by atoms with van der Waals surface area (Å²) in [5, 5.41) is 2.68. The maximum Gasteiger partial charge on any atom is 0.261 e. The number of Topliss-reactive ketones (excluding diaryl/α,β-unsaturated/α-hetero) is 1. The summed E-state index contributed by atoms with van der Waals surface area (Å²) in [5.41, 5.74) is 0.667. The molecule has 0 radical (unpaired) electrons. The Morgan fingerprint density at radius 3 is 2.91 bits per heavy atom. The minimum absolute atomic E-state index is 0.00179. The van der Waals surface area contributed by atoms with Gasteiger partial charge in [0.2, 0.25) is 0 Å². The molecule has 0 fully saturated rings. The lowest BCUT2D eigenvalue weighted by Gasteiger charge is -2.20. The predicted octanol–water partition coefficient (Wildman–Crippen LogP) is 1.30. The van der Waals surface area contributed by atoms with Crippen molar-refractivity contribution in [2.45, 2.75) is 33.1 Å². The summed E-state index contributed by atoms with van der Waals surface area (Å²) in [6.45, 7) is 5.51. The van der Waals surface area contributed by atoms with E-state index in [0.29, 0.717) is 50.3 Å². The standard InChI is InChI=1S/C16H22N2O4/c1-3-22-6-4-5-17-15(20)12-9-11-13(18-16(12)21)7-10(2)8-14(11)19/h9-10H,3-8H2,1-2H3,(H,17,20)(H,18,21). The number of aromatic nitrogens is 1. The first kappa shape index (κ1) is 16.4. The number of aromatic amines is 1. The zero-order valence-corrected chi connectivity index (χ0v) is 13.0. The molecule has 0 saturated heterocycles. The minimum Gasteiger partial charge on any atom is -0.382 e. The van der Waals surface area contributed by atoms with Gasteiger partial charge in [0.25, 0.3) is 11.5 Å². The van der Waals surface area contributed by atoms with Gasteiger partial charge in [-0.3, -0.25) is 14.4 Å². The third-order valence-electron chi connectivity index (χ3n) is 3.71. The van der Waals surface area contributed by atoms with Crippen molar-refractivity contribution in [2.24, 2.45) is 5.92 Å². The van der Waals surface area contributed by atoms with Gasteiger partial charge >= 0.3 is 0 Å². The fraction of sp³-hybridized carbons (Fsp3) is 0.562. The molecule has 0 aliphatic heterocycles. The molecule has 1 heterocycles. The van der Waals surface area contributed by atoms with Crippen LogP contribution in [0.2, 0.25) is 0 Å². The van der Waals surface area contributed by atoms with Gasteiger partial charge in [0.15, 0.2) is 5.78 Å². The van der Waals surface area contributed by atoms with Gasteiger partial charge in [0.05, 0.1) is 0 Å². The number of nitrogens with one attached hydrogen (secondary N) is 2. The van der Waals surface area contributed by atoms with Crippen molar-refractivity contribution in [3.8, 4) is 0 Å². The van der Waals surface area contributed by atoms with E-state index < -0.39 is 11.5 Å². The van der Waals surface area contributed by atoms with Crippen molar-refractivity contribution in [2.75, 3.05) is 19.8 Å². The van der Waals surface area contributed by atoms with Crippen molar-refractivity contribution in [3.05, 3.63) is 33.2 Å². The minimum atomic E-state index is -0.452. The van der Waals surface area contributed by atoms with Crippen molar-refractivity contribution in [3.63, 3.8) is 0 Å². The molecule has 2 rings (SSSR count). The zero-order chi connectivity index (χ0) is 16.1. The van der Waals surface area contributed by atoms with Crippen LogP contribution in [0.4, 0.5) is 0 Å². The molecule has 6 heteroatoms. The molecule has 6 nitrogen and oxygen atoms in total. The summed E-state index contributed by atoms with van der Waals surface area (Å²) in [4.78, 5) is 38.8. The van der Waals surface area contributed by atoms with E-state index in [2.05, 4.69) is 10.3 Å². The quantitative estimate of drug-likeness (QED) is 0.775. The van der Waals surface area contributed by atoms with Crippen molar-refractivity contribution in [1.29, 1.82) is 0 Å². The van der Waals surface area contributed by atoms with Crippen LogP contribution in [0, 0.1) is 5.92 Å². The Labute approximate surface area is 129 Å². The second kappa shape index (κ2) is 7.35. The molecule has 1 aromatic heterocycles. The number of amides is 1. The number of carbonyl (C=O) groups is 2. The third-order valence-corrected chi connectivity index (χ3v) is 3.71. The van der Waals surface area contributed by atoms with Gasteiger partial charge in [-0.2, -0.15) is 0 Å². The van der Waals surface area contributed by atoms with Gasteiger partial charge in [-0.05, 0) is 31.7 Å². The van der Waals surface area contributed by atoms with Crippen LogP contribution in [0.5, 0.6) is 0 Å². The van der Waals surface area contributed by atoms with E-state index in [-0.39, 0.29) is 17.3 Å². The first-order chi connectivity index (χ1) is 10.5. The van der Waals surface area contributed by atoms with Crippen molar-refractivity contribution < 1.29 is 14.3 Å². The molecule has 1 aliphatic carbocycles. The number of rotatable bonds is 6. The molecule has 1 aliphatic rings. The lowest BCUT2D eigenvalue weighted by atomic mass is 9.86. The summed E-state index contributed by atoms with van der Waals surface area (Å²) in [6, 6.07) is 1.43. The van der Waals surface area contributed by atoms with E-state index in [0.717, 1.165) is 0 Å². The molecular weight excluding hydrogens is 284 g/mol. The monoisotopic (exact) mass is 306 g/mol. The fourth-order valence-corrected chi connectivity index (χ4v) is 2.61. The summed E-state index contributed by atoms with van der Waals surface area (Å²) in [6.07, 6.45) is 1.79.